The maximum Gasteiger partial charge on any atom is 0.294 e. The summed E-state index contributed by atoms with van der Waals surface area (Å²) in [7, 11) is 0. The first-order valence-electron chi connectivity index (χ1n) is 9.68. The van der Waals surface area contributed by atoms with Gasteiger partial charge in [0.05, 0.1) is 23.8 Å². The lowest BCUT2D eigenvalue weighted by Gasteiger charge is -2.28. The fourth-order valence-corrected chi connectivity index (χ4v) is 4.50. The third kappa shape index (κ3) is 4.30. The van der Waals surface area contributed by atoms with Crippen molar-refractivity contribution in [2.45, 2.75) is 12.8 Å². The number of benzene rings is 1. The fourth-order valence-electron chi connectivity index (χ4n) is 3.66. The standard InChI is InChI=1S/C20H22FN3O4S/c21-15-11-14(3-4-16(15)22-5-1-2-6-22)12-17-19(26)24(20(27)29-17)13-18(25)23-7-9-28-10-8-23/h3-4,11-12H,1-2,5-10,13H2/b17-12+. The first-order valence-corrected chi connectivity index (χ1v) is 10.5. The van der Waals surface area contributed by atoms with E-state index in [0.29, 0.717) is 37.6 Å². The lowest BCUT2D eigenvalue weighted by molar-refractivity contribution is -0.139. The highest BCUT2D eigenvalue weighted by molar-refractivity contribution is 8.18. The van der Waals surface area contributed by atoms with E-state index in [1.54, 1.807) is 17.0 Å². The number of rotatable bonds is 4. The number of morpholine rings is 1. The van der Waals surface area contributed by atoms with Crippen molar-refractivity contribution in [1.82, 2.24) is 9.80 Å². The molecule has 4 rings (SSSR count). The zero-order valence-corrected chi connectivity index (χ0v) is 16.8. The number of amides is 3. The Morgan fingerprint density at radius 2 is 1.86 bits per heavy atom. The van der Waals surface area contributed by atoms with Crippen LogP contribution < -0.4 is 4.90 Å². The van der Waals surface area contributed by atoms with Crippen LogP contribution >= 0.6 is 11.8 Å². The number of carbonyl (C=O) groups is 3. The van der Waals surface area contributed by atoms with E-state index < -0.39 is 11.1 Å². The molecule has 3 aliphatic rings. The molecule has 0 saturated carbocycles. The Labute approximate surface area is 172 Å². The molecular formula is C20H22FN3O4S. The van der Waals surface area contributed by atoms with Gasteiger partial charge in [0.2, 0.25) is 5.91 Å². The van der Waals surface area contributed by atoms with Crippen LogP contribution in [0.5, 0.6) is 0 Å². The highest BCUT2D eigenvalue weighted by atomic mass is 32.2. The molecule has 3 amide bonds. The largest absolute Gasteiger partial charge is 0.378 e. The Bertz CT molecular complexity index is 863. The smallest absolute Gasteiger partial charge is 0.294 e. The van der Waals surface area contributed by atoms with E-state index in [9.17, 15) is 18.8 Å². The molecule has 1 aromatic carbocycles. The summed E-state index contributed by atoms with van der Waals surface area (Å²) in [6.45, 7) is 3.20. The molecule has 7 nitrogen and oxygen atoms in total. The van der Waals surface area contributed by atoms with Crippen LogP contribution in [0, 0.1) is 5.82 Å². The highest BCUT2D eigenvalue weighted by Crippen LogP contribution is 2.33. The van der Waals surface area contributed by atoms with Crippen molar-refractivity contribution in [3.05, 3.63) is 34.5 Å². The number of anilines is 1. The monoisotopic (exact) mass is 419 g/mol. The SMILES string of the molecule is O=C(CN1C(=O)S/C(=C/c2ccc(N3CCCC3)c(F)c2)C1=O)N1CCOCC1. The zero-order valence-electron chi connectivity index (χ0n) is 15.9. The van der Waals surface area contributed by atoms with Gasteiger partial charge >= 0.3 is 0 Å². The number of thioether (sulfide) groups is 1. The van der Waals surface area contributed by atoms with Crippen molar-refractivity contribution < 1.29 is 23.5 Å². The summed E-state index contributed by atoms with van der Waals surface area (Å²) in [5.41, 5.74) is 1.07. The summed E-state index contributed by atoms with van der Waals surface area (Å²) in [5.74, 6) is -1.15. The van der Waals surface area contributed by atoms with E-state index in [1.807, 2.05) is 4.90 Å². The van der Waals surface area contributed by atoms with E-state index in [2.05, 4.69) is 0 Å². The number of imide groups is 1. The molecule has 0 aliphatic carbocycles. The third-order valence-corrected chi connectivity index (χ3v) is 6.15. The lowest BCUT2D eigenvalue weighted by atomic mass is 10.1. The third-order valence-electron chi connectivity index (χ3n) is 5.25. The second kappa shape index (κ2) is 8.54. The van der Waals surface area contributed by atoms with Gasteiger partial charge in [0.1, 0.15) is 12.4 Å². The van der Waals surface area contributed by atoms with E-state index >= 15 is 0 Å². The number of hydrogen-bond acceptors (Lipinski definition) is 6. The van der Waals surface area contributed by atoms with Gasteiger partial charge in [-0.05, 0) is 48.4 Å². The molecule has 3 aliphatic heterocycles. The maximum absolute atomic E-state index is 14.5. The molecule has 9 heteroatoms. The molecule has 0 radical (unpaired) electrons. The van der Waals surface area contributed by atoms with E-state index in [0.717, 1.165) is 42.6 Å². The molecule has 154 valence electrons. The number of hydrogen-bond donors (Lipinski definition) is 0. The second-order valence-electron chi connectivity index (χ2n) is 7.17. The fraction of sp³-hybridized carbons (Fsp3) is 0.450. The molecule has 0 atom stereocenters. The molecule has 3 fully saturated rings. The Morgan fingerprint density at radius 3 is 2.55 bits per heavy atom. The van der Waals surface area contributed by atoms with Crippen LogP contribution in [0.1, 0.15) is 18.4 Å². The first kappa shape index (κ1) is 19.9. The van der Waals surface area contributed by atoms with Gasteiger partial charge < -0.3 is 14.5 Å². The Balaban J connectivity index is 1.45. The van der Waals surface area contributed by atoms with Gasteiger partial charge in [0.15, 0.2) is 0 Å². The number of halogens is 1. The molecule has 0 unspecified atom stereocenters. The molecule has 29 heavy (non-hydrogen) atoms. The van der Waals surface area contributed by atoms with Crippen LogP contribution in [0.4, 0.5) is 14.9 Å². The Kier molecular flexibility index (Phi) is 5.86. The number of ether oxygens (including phenoxy) is 1. The summed E-state index contributed by atoms with van der Waals surface area (Å²) in [4.78, 5) is 42.0. The molecule has 0 aromatic heterocycles. The predicted molar refractivity (Wildman–Crippen MR) is 108 cm³/mol. The summed E-state index contributed by atoms with van der Waals surface area (Å²) >= 11 is 0.771. The van der Waals surface area contributed by atoms with Crippen molar-refractivity contribution in [2.24, 2.45) is 0 Å². The van der Waals surface area contributed by atoms with Crippen molar-refractivity contribution in [2.75, 3.05) is 50.8 Å². The van der Waals surface area contributed by atoms with Crippen LogP contribution in [0.25, 0.3) is 6.08 Å². The average Bonchev–Trinajstić information content (AvgIpc) is 3.33. The summed E-state index contributed by atoms with van der Waals surface area (Å²) in [6.07, 6.45) is 3.61. The average molecular weight is 419 g/mol. The van der Waals surface area contributed by atoms with Crippen molar-refractivity contribution >= 4 is 40.6 Å². The molecule has 0 spiro atoms. The van der Waals surface area contributed by atoms with Crippen LogP contribution in [0.15, 0.2) is 23.1 Å². The van der Waals surface area contributed by atoms with Crippen LogP contribution in [-0.4, -0.2) is 72.8 Å². The van der Waals surface area contributed by atoms with Crippen molar-refractivity contribution in [1.29, 1.82) is 0 Å². The highest BCUT2D eigenvalue weighted by Gasteiger charge is 2.37. The van der Waals surface area contributed by atoms with E-state index in [4.69, 9.17) is 4.74 Å². The van der Waals surface area contributed by atoms with Crippen molar-refractivity contribution in [3.63, 3.8) is 0 Å². The lowest BCUT2D eigenvalue weighted by Crippen LogP contribution is -2.46. The predicted octanol–water partition coefficient (Wildman–Crippen LogP) is 2.32. The summed E-state index contributed by atoms with van der Waals surface area (Å²) in [5, 5.41) is -0.489. The van der Waals surface area contributed by atoms with Gasteiger partial charge in [-0.25, -0.2) is 4.39 Å². The normalized spacial score (nSPS) is 21.6. The van der Waals surface area contributed by atoms with E-state index in [1.165, 1.54) is 12.1 Å². The number of carbonyl (C=O) groups excluding carboxylic acids is 3. The van der Waals surface area contributed by atoms with Crippen molar-refractivity contribution in [3.8, 4) is 0 Å². The van der Waals surface area contributed by atoms with Gasteiger partial charge in [-0.15, -0.1) is 0 Å². The van der Waals surface area contributed by atoms with Gasteiger partial charge in [-0.2, -0.15) is 0 Å². The minimum Gasteiger partial charge on any atom is -0.378 e. The molecule has 3 heterocycles. The summed E-state index contributed by atoms with van der Waals surface area (Å²) in [6, 6.07) is 4.82. The minimum absolute atomic E-state index is 0.193. The Hall–Kier alpha value is -2.39. The Morgan fingerprint density at radius 1 is 1.14 bits per heavy atom. The van der Waals surface area contributed by atoms with Gasteiger partial charge in [0, 0.05) is 26.2 Å². The van der Waals surface area contributed by atoms with Crippen LogP contribution in [-0.2, 0) is 14.3 Å². The zero-order chi connectivity index (χ0) is 20.4. The van der Waals surface area contributed by atoms with Gasteiger partial charge in [-0.1, -0.05) is 6.07 Å². The van der Waals surface area contributed by atoms with Crippen LogP contribution in [0.3, 0.4) is 0 Å². The first-order chi connectivity index (χ1) is 14.0. The van der Waals surface area contributed by atoms with Gasteiger partial charge in [0.25, 0.3) is 11.1 Å². The molecule has 3 saturated heterocycles. The topological polar surface area (TPSA) is 70.2 Å². The molecule has 0 N–H and O–H groups in total. The van der Waals surface area contributed by atoms with E-state index in [-0.39, 0.29) is 23.2 Å². The van der Waals surface area contributed by atoms with Gasteiger partial charge in [-0.3, -0.25) is 19.3 Å². The van der Waals surface area contributed by atoms with Crippen LogP contribution in [0.2, 0.25) is 0 Å². The molecule has 0 bridgehead atoms. The maximum atomic E-state index is 14.5. The number of nitrogens with zero attached hydrogens (tertiary/aromatic N) is 3. The quantitative estimate of drug-likeness (QED) is 0.698. The minimum atomic E-state index is -0.523. The summed E-state index contributed by atoms with van der Waals surface area (Å²) < 4.78 is 19.7. The molecule has 1 aromatic rings. The molecular weight excluding hydrogens is 397 g/mol. The second-order valence-corrected chi connectivity index (χ2v) is 8.16.